The molecule has 0 aliphatic heterocycles. The van der Waals surface area contributed by atoms with Crippen molar-refractivity contribution in [2.75, 3.05) is 87.7 Å². The van der Waals surface area contributed by atoms with Gasteiger partial charge >= 0.3 is 0 Å². The zero-order valence-electron chi connectivity index (χ0n) is 37.0. The normalized spacial score (nSPS) is 12.4. The number of aryl methyl sites for hydroxylation is 3. The quantitative estimate of drug-likeness (QED) is 0.0420. The van der Waals surface area contributed by atoms with Crippen molar-refractivity contribution in [1.82, 2.24) is 15.1 Å². The molecule has 2 rings (SSSR count). The molecule has 1 amide bonds. The van der Waals surface area contributed by atoms with E-state index in [9.17, 15) is 14.4 Å². The van der Waals surface area contributed by atoms with E-state index in [2.05, 4.69) is 73.8 Å². The van der Waals surface area contributed by atoms with Crippen molar-refractivity contribution in [3.05, 3.63) is 82.6 Å². The van der Waals surface area contributed by atoms with E-state index in [1.54, 1.807) is 20.3 Å². The Labute approximate surface area is 344 Å². The van der Waals surface area contributed by atoms with Crippen LogP contribution in [0.1, 0.15) is 81.7 Å². The minimum absolute atomic E-state index is 0.00466. The van der Waals surface area contributed by atoms with Crippen LogP contribution in [-0.4, -0.2) is 127 Å². The second kappa shape index (κ2) is 33.3. The van der Waals surface area contributed by atoms with Crippen LogP contribution in [0.3, 0.4) is 0 Å². The Kier molecular flexibility index (Phi) is 31.1. The molecule has 1 unspecified atom stereocenters. The zero-order valence-corrected chi connectivity index (χ0v) is 37.0. The SMILES string of the molecule is CC.COC.Cc1cc(C)c(-c2cccc([C@H](CC=O)NC(=O)C(CCC(C)C)N(C)/C=C\C(=C/C=O)CCN(C)CCOCCOCCOCCO)c2)c(C)c1. The molecule has 2 N–H and O–H groups in total. The molecule has 0 saturated carbocycles. The molecule has 57 heavy (non-hydrogen) atoms. The molecule has 11 nitrogen and oxygen atoms in total. The van der Waals surface area contributed by atoms with Crippen LogP contribution in [0.5, 0.6) is 0 Å². The lowest BCUT2D eigenvalue weighted by Crippen LogP contribution is -2.44. The minimum Gasteiger partial charge on any atom is -0.394 e. The standard InChI is InChI=1S/C42H63N3O7.C2H6O.C2H6/c1-32(2)11-12-40(42(49)43-39(16-21-47)37-9-8-10-38(31-37)41-34(4)29-33(3)30-35(41)5)45(7)18-14-36(15-20-46)13-17-44(6)19-23-50-25-27-52-28-26-51-24-22-48;1-3-2;1-2/h8-10,14-15,18,20-21,29-32,39-40,48H,11-13,16-17,19,22-28H2,1-7H3,(H,43,49);1-2H3;1-2H3/b18-14-,36-15-;;/t39-,40?;;/m0../s1. The van der Waals surface area contributed by atoms with Crippen LogP contribution in [0.15, 0.2) is 60.3 Å². The number of hydrogen-bond acceptors (Lipinski definition) is 10. The predicted molar refractivity (Wildman–Crippen MR) is 233 cm³/mol. The largest absolute Gasteiger partial charge is 0.394 e. The van der Waals surface area contributed by atoms with Gasteiger partial charge < -0.3 is 44.0 Å². The third-order valence-corrected chi connectivity index (χ3v) is 8.90. The van der Waals surface area contributed by atoms with Crippen molar-refractivity contribution >= 4 is 18.5 Å². The van der Waals surface area contributed by atoms with Crippen LogP contribution in [0.2, 0.25) is 0 Å². The van der Waals surface area contributed by atoms with E-state index in [4.69, 9.17) is 19.3 Å². The molecule has 0 aromatic heterocycles. The highest BCUT2D eigenvalue weighted by Crippen LogP contribution is 2.31. The lowest BCUT2D eigenvalue weighted by atomic mass is 9.91. The molecule has 0 fully saturated rings. The lowest BCUT2D eigenvalue weighted by Gasteiger charge is -2.29. The van der Waals surface area contributed by atoms with E-state index in [1.165, 1.54) is 22.3 Å². The summed E-state index contributed by atoms with van der Waals surface area (Å²) in [6, 6.07) is 11.5. The van der Waals surface area contributed by atoms with Gasteiger partial charge in [-0.3, -0.25) is 9.59 Å². The van der Waals surface area contributed by atoms with E-state index in [0.717, 1.165) is 48.8 Å². The van der Waals surface area contributed by atoms with Gasteiger partial charge in [0, 0.05) is 40.8 Å². The van der Waals surface area contributed by atoms with Crippen molar-refractivity contribution in [2.45, 2.75) is 86.2 Å². The summed E-state index contributed by atoms with van der Waals surface area (Å²) in [7, 11) is 7.14. The van der Waals surface area contributed by atoms with Crippen LogP contribution in [0.4, 0.5) is 0 Å². The van der Waals surface area contributed by atoms with Crippen molar-refractivity contribution in [2.24, 2.45) is 5.92 Å². The first kappa shape index (κ1) is 53.3. The monoisotopic (exact) mass is 798 g/mol. The number of amides is 1. The van der Waals surface area contributed by atoms with Gasteiger partial charge in [0.15, 0.2) is 0 Å². The van der Waals surface area contributed by atoms with Crippen molar-refractivity contribution in [3.63, 3.8) is 0 Å². The maximum atomic E-state index is 14.0. The Bertz CT molecular complexity index is 1420. The number of nitrogens with zero attached hydrogens (tertiary/aromatic N) is 2. The Morgan fingerprint density at radius 2 is 1.46 bits per heavy atom. The third kappa shape index (κ3) is 23.3. The molecule has 0 saturated heterocycles. The fourth-order valence-electron chi connectivity index (χ4n) is 6.09. The molecule has 0 spiro atoms. The summed E-state index contributed by atoms with van der Waals surface area (Å²) in [5.41, 5.74) is 7.56. The summed E-state index contributed by atoms with van der Waals surface area (Å²) in [5.74, 6) is 0.263. The summed E-state index contributed by atoms with van der Waals surface area (Å²) >= 11 is 0. The number of hydrogen-bond donors (Lipinski definition) is 2. The smallest absolute Gasteiger partial charge is 0.243 e. The number of aliphatic hydroxyl groups is 1. The average molecular weight is 798 g/mol. The van der Waals surface area contributed by atoms with Crippen molar-refractivity contribution in [1.29, 1.82) is 0 Å². The van der Waals surface area contributed by atoms with Crippen LogP contribution in [-0.2, 0) is 33.3 Å². The van der Waals surface area contributed by atoms with E-state index >= 15 is 0 Å². The summed E-state index contributed by atoms with van der Waals surface area (Å²) in [4.78, 5) is 41.4. The van der Waals surface area contributed by atoms with Crippen LogP contribution in [0.25, 0.3) is 11.1 Å². The van der Waals surface area contributed by atoms with Crippen molar-refractivity contribution in [3.8, 4) is 11.1 Å². The number of ether oxygens (including phenoxy) is 4. The number of rotatable bonds is 27. The number of allylic oxidation sites excluding steroid dienone is 2. The summed E-state index contributed by atoms with van der Waals surface area (Å²) in [6.07, 6.45) is 9.28. The predicted octanol–water partition coefficient (Wildman–Crippen LogP) is 7.05. The van der Waals surface area contributed by atoms with E-state index in [1.807, 2.05) is 57.3 Å². The molecular weight excluding hydrogens is 723 g/mol. The van der Waals surface area contributed by atoms with Gasteiger partial charge in [0.2, 0.25) is 5.91 Å². The first-order valence-electron chi connectivity index (χ1n) is 20.3. The highest BCUT2D eigenvalue weighted by atomic mass is 16.5. The van der Waals surface area contributed by atoms with Crippen LogP contribution in [0, 0.1) is 26.7 Å². The zero-order chi connectivity index (χ0) is 43.0. The molecule has 2 atom stereocenters. The highest BCUT2D eigenvalue weighted by Gasteiger charge is 2.25. The second-order valence-electron chi connectivity index (χ2n) is 14.2. The van der Waals surface area contributed by atoms with Gasteiger partial charge in [-0.05, 0) is 111 Å². The van der Waals surface area contributed by atoms with Gasteiger partial charge in [0.25, 0.3) is 0 Å². The van der Waals surface area contributed by atoms with Crippen LogP contribution >= 0.6 is 0 Å². The Hall–Kier alpha value is -3.71. The van der Waals surface area contributed by atoms with Crippen LogP contribution < -0.4 is 5.32 Å². The summed E-state index contributed by atoms with van der Waals surface area (Å²) in [6.45, 7) is 18.8. The molecular formula is C46H75N3O8. The maximum absolute atomic E-state index is 14.0. The van der Waals surface area contributed by atoms with E-state index in [-0.39, 0.29) is 18.9 Å². The highest BCUT2D eigenvalue weighted by molar-refractivity contribution is 5.83. The first-order valence-corrected chi connectivity index (χ1v) is 20.3. The number of carbonyl (C=O) groups excluding carboxylic acids is 3. The Balaban J connectivity index is 0.00000597. The van der Waals surface area contributed by atoms with Gasteiger partial charge in [-0.25, -0.2) is 0 Å². The summed E-state index contributed by atoms with van der Waals surface area (Å²) in [5, 5.41) is 11.9. The Morgan fingerprint density at radius 1 is 0.860 bits per heavy atom. The lowest BCUT2D eigenvalue weighted by molar-refractivity contribution is -0.126. The molecule has 2 aromatic rings. The van der Waals surface area contributed by atoms with Gasteiger partial charge in [-0.2, -0.15) is 0 Å². The number of aldehydes is 2. The number of carbonyl (C=O) groups is 3. The van der Waals surface area contributed by atoms with Gasteiger partial charge in [-0.1, -0.05) is 63.6 Å². The maximum Gasteiger partial charge on any atom is 0.243 e. The van der Waals surface area contributed by atoms with Gasteiger partial charge in [-0.15, -0.1) is 0 Å². The van der Waals surface area contributed by atoms with Gasteiger partial charge in [0.05, 0.1) is 52.3 Å². The number of likely N-dealkylation sites (N-methyl/N-ethyl adjacent to an activating group) is 2. The number of methoxy groups -OCH3 is 1. The number of aliphatic hydroxyl groups excluding tert-OH is 1. The van der Waals surface area contributed by atoms with E-state index in [0.29, 0.717) is 58.4 Å². The topological polar surface area (TPSA) is 127 Å². The third-order valence-electron chi connectivity index (χ3n) is 8.90. The number of nitrogens with one attached hydrogen (secondary N) is 1. The fourth-order valence-corrected chi connectivity index (χ4v) is 6.09. The molecule has 2 aromatic carbocycles. The molecule has 322 valence electrons. The molecule has 0 aliphatic carbocycles. The Morgan fingerprint density at radius 3 is 2.02 bits per heavy atom. The second-order valence-corrected chi connectivity index (χ2v) is 14.2. The minimum atomic E-state index is -0.468. The fraction of sp³-hybridized carbons (Fsp3) is 0.587. The molecule has 11 heteroatoms. The molecule has 0 radical (unpaired) electrons. The van der Waals surface area contributed by atoms with Gasteiger partial charge in [0.1, 0.15) is 18.6 Å². The number of benzene rings is 2. The molecule has 0 bridgehead atoms. The summed E-state index contributed by atoms with van der Waals surface area (Å²) < 4.78 is 20.5. The molecule has 0 heterocycles. The average Bonchev–Trinajstić information content (AvgIpc) is 3.17. The van der Waals surface area contributed by atoms with E-state index < -0.39 is 12.1 Å². The van der Waals surface area contributed by atoms with Crippen molar-refractivity contribution < 1.29 is 38.4 Å². The molecule has 0 aliphatic rings. The first-order chi connectivity index (χ1) is 27.4.